The summed E-state index contributed by atoms with van der Waals surface area (Å²) < 4.78 is 7.46. The molecule has 0 spiro atoms. The maximum Gasteiger partial charge on any atom is 0.0733 e. The first-order valence-electron chi connectivity index (χ1n) is 34.0. The average Bonchev–Trinajstić information content (AvgIpc) is 1.53. The van der Waals surface area contributed by atoms with Gasteiger partial charge in [0.1, 0.15) is 0 Å². The summed E-state index contributed by atoms with van der Waals surface area (Å²) in [6.07, 6.45) is 0.942. The molecule has 0 radical (unpaired) electrons. The van der Waals surface area contributed by atoms with E-state index in [2.05, 4.69) is 344 Å². The third kappa shape index (κ3) is 10.8. The summed E-state index contributed by atoms with van der Waals surface area (Å²) in [5.41, 5.74) is 27.4. The highest BCUT2D eigenvalue weighted by atomic mass is 32.1. The van der Waals surface area contributed by atoms with Gasteiger partial charge in [-0.2, -0.15) is 0 Å². The van der Waals surface area contributed by atoms with Crippen molar-refractivity contribution < 1.29 is 0 Å². The Hall–Kier alpha value is -10.3. The van der Waals surface area contributed by atoms with Crippen LogP contribution in [0.2, 0.25) is 0 Å². The maximum atomic E-state index is 2.61. The van der Waals surface area contributed by atoms with Crippen LogP contribution in [0.5, 0.6) is 0 Å². The Morgan fingerprint density at radius 2 is 0.832 bits per heavy atom. The molecule has 0 saturated heterocycles. The van der Waals surface area contributed by atoms with Crippen LogP contribution in [0.15, 0.2) is 267 Å². The molecule has 0 N–H and O–H groups in total. The molecule has 13 aromatic carbocycles. The van der Waals surface area contributed by atoms with Crippen LogP contribution in [0.1, 0.15) is 95.8 Å². The second-order valence-electron chi connectivity index (χ2n) is 25.1. The summed E-state index contributed by atoms with van der Waals surface area (Å²) in [4.78, 5) is 2.61. The van der Waals surface area contributed by atoms with Crippen molar-refractivity contribution in [2.24, 2.45) is 14.1 Å². The molecule has 3 nitrogen and oxygen atoms in total. The van der Waals surface area contributed by atoms with Gasteiger partial charge in [0.2, 0.25) is 0 Å². The van der Waals surface area contributed by atoms with Crippen LogP contribution in [0.4, 0.5) is 17.1 Å². The molecule has 470 valence electrons. The summed E-state index contributed by atoms with van der Waals surface area (Å²) in [7, 11) is 4.37. The number of aromatic nitrogens is 2. The summed E-state index contributed by atoms with van der Waals surface area (Å²) in [5.74, 6) is 0. The van der Waals surface area contributed by atoms with Gasteiger partial charge in [0, 0.05) is 77.8 Å². The average molecular weight is 1250 g/mol. The van der Waals surface area contributed by atoms with Gasteiger partial charge in [-0.25, -0.2) is 0 Å². The summed E-state index contributed by atoms with van der Waals surface area (Å²) in [5, 5.41) is 10.5. The fourth-order valence-electron chi connectivity index (χ4n) is 15.3. The topological polar surface area (TPSA) is 13.1 Å². The first-order chi connectivity index (χ1) is 46.4. The molecule has 0 fully saturated rings. The fourth-order valence-corrected chi connectivity index (χ4v) is 16.5. The molecule has 3 heterocycles. The SMILES string of the molecule is CC.CC.CCc1ccccc1-c1c(C)cccc1N(c1cc2c(c3ccccc13)-c1ccc(C)cc1C2(c1ccc(C)cc1)c1ccc(C)cc1)c1cccc2c3ccccc3n(C)c12.Cc1cccc2c3ccccc3n(C)c12.Cc1cccc2sc3ccccc3c12. The van der Waals surface area contributed by atoms with Crippen LogP contribution < -0.4 is 4.90 Å². The van der Waals surface area contributed by atoms with E-state index in [1.165, 1.54) is 158 Å². The first-order valence-corrected chi connectivity index (χ1v) is 34.8. The number of anilines is 3. The number of aryl methyl sites for hydroxylation is 9. The van der Waals surface area contributed by atoms with E-state index in [1.807, 2.05) is 39.0 Å². The zero-order valence-electron chi connectivity index (χ0n) is 57.4. The summed E-state index contributed by atoms with van der Waals surface area (Å²) in [6.45, 7) is 23.5. The first kappa shape index (κ1) is 63.5. The highest BCUT2D eigenvalue weighted by Gasteiger charge is 2.48. The minimum atomic E-state index is -0.585. The Balaban J connectivity index is 0.000000200. The van der Waals surface area contributed by atoms with Crippen molar-refractivity contribution in [1.82, 2.24) is 9.13 Å². The van der Waals surface area contributed by atoms with Crippen LogP contribution in [-0.2, 0) is 25.9 Å². The van der Waals surface area contributed by atoms with Crippen LogP contribution in [0.25, 0.3) is 96.8 Å². The number of thiophene rings is 1. The molecule has 1 aliphatic carbocycles. The molecule has 0 aliphatic heterocycles. The van der Waals surface area contributed by atoms with E-state index in [9.17, 15) is 0 Å². The second-order valence-corrected chi connectivity index (χ2v) is 26.1. The molecule has 0 saturated carbocycles. The number of benzene rings is 13. The van der Waals surface area contributed by atoms with E-state index in [-0.39, 0.29) is 0 Å². The van der Waals surface area contributed by atoms with Gasteiger partial charge in [-0.1, -0.05) is 276 Å². The lowest BCUT2D eigenvalue weighted by atomic mass is 9.67. The number of hydrogen-bond acceptors (Lipinski definition) is 2. The predicted molar refractivity (Wildman–Crippen MR) is 416 cm³/mol. The molecule has 4 heteroatoms. The summed E-state index contributed by atoms with van der Waals surface area (Å²) in [6, 6.07) is 99.3. The van der Waals surface area contributed by atoms with Gasteiger partial charge in [0.05, 0.1) is 33.5 Å². The highest BCUT2D eigenvalue weighted by Crippen LogP contribution is 2.61. The zero-order chi connectivity index (χ0) is 66.2. The minimum Gasteiger partial charge on any atom is -0.343 e. The normalized spacial score (nSPS) is 12.0. The number of fused-ring (bicyclic) bond motifs is 14. The molecule has 17 rings (SSSR count). The van der Waals surface area contributed by atoms with E-state index < -0.39 is 5.41 Å². The molecule has 3 aromatic heterocycles. The van der Waals surface area contributed by atoms with Crippen molar-refractivity contribution in [3.05, 3.63) is 328 Å². The van der Waals surface area contributed by atoms with Crippen molar-refractivity contribution in [1.29, 1.82) is 0 Å². The van der Waals surface area contributed by atoms with Crippen LogP contribution in [-0.4, -0.2) is 9.13 Å². The van der Waals surface area contributed by atoms with Gasteiger partial charge in [-0.3, -0.25) is 0 Å². The monoisotopic (exact) mass is 1250 g/mol. The van der Waals surface area contributed by atoms with Crippen LogP contribution >= 0.6 is 11.3 Å². The van der Waals surface area contributed by atoms with Crippen molar-refractivity contribution >= 4 is 103 Å². The van der Waals surface area contributed by atoms with Gasteiger partial charge in [-0.15, -0.1) is 11.3 Å². The number of rotatable bonds is 7. The quantitative estimate of drug-likeness (QED) is 0.155. The van der Waals surface area contributed by atoms with Gasteiger partial charge in [0.25, 0.3) is 0 Å². The Labute approximate surface area is 565 Å². The Kier molecular flexibility index (Phi) is 17.8. The van der Waals surface area contributed by atoms with E-state index in [0.29, 0.717) is 0 Å². The molecule has 1 aliphatic rings. The molecule has 0 atom stereocenters. The molecule has 0 amide bonds. The lowest BCUT2D eigenvalue weighted by molar-refractivity contribution is 0.767. The lowest BCUT2D eigenvalue weighted by Gasteiger charge is -2.36. The number of hydrogen-bond donors (Lipinski definition) is 0. The van der Waals surface area contributed by atoms with Crippen molar-refractivity contribution in [2.75, 3.05) is 4.90 Å². The van der Waals surface area contributed by atoms with Gasteiger partial charge in [-0.05, 0) is 157 Å². The Bertz CT molecular complexity index is 5450. The van der Waals surface area contributed by atoms with Gasteiger partial charge in [0.15, 0.2) is 0 Å². The van der Waals surface area contributed by atoms with Crippen molar-refractivity contribution in [2.45, 2.75) is 88.0 Å². The smallest absolute Gasteiger partial charge is 0.0733 e. The fraction of sp³-hybridized carbons (Fsp3) is 0.165. The standard InChI is InChI=1S/C60H50N2.C14H13N.C13H10S.2C2H6/c1-7-42-17-8-9-18-45(42)57-41(5)16-14-24-54(57)62(55-25-15-22-49-47-20-12-13-23-53(47)61(6)59(49)55)56-37-52-58(48-21-11-10-19-46(48)56)50-35-30-40(4)36-51(50)60(52,43-31-26-38(2)27-32-43)44-33-28-39(3)29-34-44;1-10-6-5-8-12-11-7-3-4-9-13(11)15(2)14(10)12;1-9-5-4-8-12-13(9)10-6-2-3-7-11(10)14-12;2*1-2/h8-37H,7H2,1-6H3;3-9H,1-2H3;2-8H,1H3;2*1-2H3. The molecule has 0 unspecified atom stereocenters. The molecule has 16 aromatic rings. The maximum absolute atomic E-state index is 2.61. The van der Waals surface area contributed by atoms with Crippen molar-refractivity contribution in [3.8, 4) is 22.3 Å². The Morgan fingerprint density at radius 1 is 0.347 bits per heavy atom. The summed E-state index contributed by atoms with van der Waals surface area (Å²) >= 11 is 1.88. The zero-order valence-corrected chi connectivity index (χ0v) is 58.2. The number of nitrogens with zero attached hydrogens (tertiary/aromatic N) is 3. The van der Waals surface area contributed by atoms with Crippen LogP contribution in [0, 0.1) is 41.5 Å². The van der Waals surface area contributed by atoms with E-state index in [0.717, 1.165) is 23.5 Å². The lowest BCUT2D eigenvalue weighted by Crippen LogP contribution is -2.29. The van der Waals surface area contributed by atoms with E-state index >= 15 is 0 Å². The second kappa shape index (κ2) is 26.6. The van der Waals surface area contributed by atoms with Crippen LogP contribution in [0.3, 0.4) is 0 Å². The molecular formula is C91H85N3S. The Morgan fingerprint density at radius 3 is 1.49 bits per heavy atom. The van der Waals surface area contributed by atoms with Crippen molar-refractivity contribution in [3.63, 3.8) is 0 Å². The van der Waals surface area contributed by atoms with Gasteiger partial charge >= 0.3 is 0 Å². The molecule has 95 heavy (non-hydrogen) atoms. The molecule has 0 bridgehead atoms. The van der Waals surface area contributed by atoms with E-state index in [1.54, 1.807) is 0 Å². The predicted octanol–water partition coefficient (Wildman–Crippen LogP) is 25.8. The highest BCUT2D eigenvalue weighted by molar-refractivity contribution is 7.25. The van der Waals surface area contributed by atoms with Gasteiger partial charge < -0.3 is 14.0 Å². The number of para-hydroxylation sites is 4. The minimum absolute atomic E-state index is 0.585. The van der Waals surface area contributed by atoms with E-state index in [4.69, 9.17) is 0 Å². The third-order valence-electron chi connectivity index (χ3n) is 19.5. The molecular weight excluding hydrogens is 1170 g/mol. The largest absolute Gasteiger partial charge is 0.343 e. The third-order valence-corrected chi connectivity index (χ3v) is 20.7.